The molecule has 0 saturated heterocycles. The number of benzene rings is 5. The fourth-order valence-corrected chi connectivity index (χ4v) is 8.38. The minimum atomic E-state index is 1.04. The lowest BCUT2D eigenvalue weighted by atomic mass is 10.1. The third-order valence-electron chi connectivity index (χ3n) is 7.83. The van der Waals surface area contributed by atoms with E-state index in [1.54, 1.807) is 0 Å². The van der Waals surface area contributed by atoms with Crippen LogP contribution in [0.3, 0.4) is 0 Å². The Morgan fingerprint density at radius 3 is 2.05 bits per heavy atom. The molecule has 0 aliphatic rings. The van der Waals surface area contributed by atoms with Crippen molar-refractivity contribution < 1.29 is 0 Å². The monoisotopic (exact) mass is 532 g/mol. The van der Waals surface area contributed by atoms with Gasteiger partial charge in [0.2, 0.25) is 0 Å². The number of nitrogens with zero attached hydrogens (tertiary/aromatic N) is 2. The second-order valence-corrected chi connectivity index (χ2v) is 12.1. The van der Waals surface area contributed by atoms with E-state index in [9.17, 15) is 0 Å². The van der Waals surface area contributed by atoms with Crippen molar-refractivity contribution in [1.29, 1.82) is 0 Å². The van der Waals surface area contributed by atoms with Crippen LogP contribution in [0.5, 0.6) is 0 Å². The highest BCUT2D eigenvalue weighted by Crippen LogP contribution is 2.43. The molecule has 0 radical (unpaired) electrons. The molecule has 39 heavy (non-hydrogen) atoms. The van der Waals surface area contributed by atoms with Gasteiger partial charge in [0.05, 0.1) is 26.9 Å². The van der Waals surface area contributed by atoms with Gasteiger partial charge in [-0.05, 0) is 42.0 Å². The molecule has 0 aliphatic heterocycles. The first kappa shape index (κ1) is 21.4. The zero-order valence-electron chi connectivity index (χ0n) is 20.8. The van der Waals surface area contributed by atoms with E-state index in [-0.39, 0.29) is 0 Å². The Kier molecular flexibility index (Phi) is 4.39. The molecule has 0 N–H and O–H groups in total. The zero-order chi connectivity index (χ0) is 25.5. The molecule has 5 aromatic carbocycles. The molecule has 0 amide bonds. The molecule has 0 unspecified atom stereocenters. The molecule has 0 fully saturated rings. The van der Waals surface area contributed by atoms with E-state index in [0.29, 0.717) is 0 Å². The summed E-state index contributed by atoms with van der Waals surface area (Å²) in [4.78, 5) is 5.11. The summed E-state index contributed by atoms with van der Waals surface area (Å²) in [7, 11) is 0. The van der Waals surface area contributed by atoms with Crippen molar-refractivity contribution in [3.8, 4) is 16.8 Å². The number of pyridine rings is 1. The molecule has 2 nitrogen and oxygen atoms in total. The summed E-state index contributed by atoms with van der Waals surface area (Å²) < 4.78 is 7.70. The fourth-order valence-electron chi connectivity index (χ4n) is 6.05. The minimum Gasteiger partial charge on any atom is -0.306 e. The lowest BCUT2D eigenvalue weighted by Crippen LogP contribution is -1.94. The van der Waals surface area contributed by atoms with E-state index >= 15 is 0 Å². The molecule has 0 aliphatic carbocycles. The van der Waals surface area contributed by atoms with Gasteiger partial charge < -0.3 is 4.57 Å². The highest BCUT2D eigenvalue weighted by molar-refractivity contribution is 7.26. The summed E-state index contributed by atoms with van der Waals surface area (Å²) in [6.07, 6.45) is 2.03. The van der Waals surface area contributed by atoms with Crippen LogP contribution < -0.4 is 0 Å². The summed E-state index contributed by atoms with van der Waals surface area (Å²) in [6, 6.07) is 41.8. The van der Waals surface area contributed by atoms with Crippen molar-refractivity contribution in [2.75, 3.05) is 0 Å². The van der Waals surface area contributed by atoms with Crippen molar-refractivity contribution >= 4 is 85.0 Å². The molecule has 4 heteroatoms. The van der Waals surface area contributed by atoms with Gasteiger partial charge in [0.15, 0.2) is 0 Å². The van der Waals surface area contributed by atoms with Crippen LogP contribution in [0.15, 0.2) is 121 Å². The standard InChI is InChI=1S/C35H20N2S2/c1-2-9-21(10-3-1)22-17-30-34(36-20-22)27-18-26-24-12-5-6-15-31(24)38-33(26)19-29(27)37(30)28-14-8-13-25-23-11-4-7-16-32(23)39-35(25)28/h1-20H. The van der Waals surface area contributed by atoms with Gasteiger partial charge in [-0.1, -0.05) is 78.9 Å². The molecule has 9 aromatic rings. The van der Waals surface area contributed by atoms with Crippen molar-refractivity contribution in [3.63, 3.8) is 0 Å². The fraction of sp³-hybridized carbons (Fsp3) is 0. The number of hydrogen-bond acceptors (Lipinski definition) is 3. The van der Waals surface area contributed by atoms with Crippen LogP contribution in [-0.4, -0.2) is 9.55 Å². The van der Waals surface area contributed by atoms with Gasteiger partial charge in [0.25, 0.3) is 0 Å². The lowest BCUT2D eigenvalue weighted by molar-refractivity contribution is 1.20. The lowest BCUT2D eigenvalue weighted by Gasteiger charge is -2.10. The molecule has 9 rings (SSSR count). The molecule has 0 atom stereocenters. The highest BCUT2D eigenvalue weighted by atomic mass is 32.1. The van der Waals surface area contributed by atoms with Gasteiger partial charge in [-0.25, -0.2) is 0 Å². The van der Waals surface area contributed by atoms with Crippen LogP contribution in [0, 0.1) is 0 Å². The van der Waals surface area contributed by atoms with Crippen LogP contribution in [-0.2, 0) is 0 Å². The smallest absolute Gasteiger partial charge is 0.0964 e. The Morgan fingerprint density at radius 1 is 0.487 bits per heavy atom. The van der Waals surface area contributed by atoms with Crippen LogP contribution in [0.1, 0.15) is 0 Å². The predicted octanol–water partition coefficient (Wildman–Crippen LogP) is 10.6. The first-order valence-corrected chi connectivity index (χ1v) is 14.7. The number of fused-ring (bicyclic) bond motifs is 9. The third-order valence-corrected chi connectivity index (χ3v) is 10.2. The van der Waals surface area contributed by atoms with Gasteiger partial charge in [-0.15, -0.1) is 22.7 Å². The maximum atomic E-state index is 5.11. The van der Waals surface area contributed by atoms with Crippen molar-refractivity contribution in [1.82, 2.24) is 9.55 Å². The minimum absolute atomic E-state index is 1.04. The maximum absolute atomic E-state index is 5.11. The second-order valence-electron chi connectivity index (χ2n) is 10.0. The predicted molar refractivity (Wildman–Crippen MR) is 170 cm³/mol. The Balaban J connectivity index is 1.46. The van der Waals surface area contributed by atoms with E-state index in [1.165, 1.54) is 62.5 Å². The van der Waals surface area contributed by atoms with Gasteiger partial charge in [0.1, 0.15) is 0 Å². The Hall–Kier alpha value is -4.51. The van der Waals surface area contributed by atoms with Gasteiger partial charge >= 0.3 is 0 Å². The number of aromatic nitrogens is 2. The molecule has 182 valence electrons. The van der Waals surface area contributed by atoms with Crippen LogP contribution >= 0.6 is 22.7 Å². The summed E-state index contributed by atoms with van der Waals surface area (Å²) in [5, 5.41) is 6.43. The summed E-state index contributed by atoms with van der Waals surface area (Å²) in [5.74, 6) is 0. The molecular formula is C35H20N2S2. The average Bonchev–Trinajstić information content (AvgIpc) is 3.65. The number of thiophene rings is 2. The third kappa shape index (κ3) is 3.04. The average molecular weight is 533 g/mol. The number of rotatable bonds is 2. The van der Waals surface area contributed by atoms with E-state index in [0.717, 1.165) is 16.6 Å². The Bertz CT molecular complexity index is 2390. The van der Waals surface area contributed by atoms with Gasteiger partial charge in [-0.2, -0.15) is 0 Å². The SMILES string of the molecule is c1ccc(-c2cnc3c4cc5c(cc4n(-c4cccc6c4sc4ccccc46)c3c2)sc2ccccc25)cc1. The molecule has 0 saturated carbocycles. The van der Waals surface area contributed by atoms with Crippen molar-refractivity contribution in [2.45, 2.75) is 0 Å². The van der Waals surface area contributed by atoms with Crippen molar-refractivity contribution in [3.05, 3.63) is 121 Å². The van der Waals surface area contributed by atoms with Gasteiger partial charge in [0, 0.05) is 52.8 Å². The molecule has 4 heterocycles. The van der Waals surface area contributed by atoms with E-state index in [2.05, 4.69) is 120 Å². The van der Waals surface area contributed by atoms with Crippen LogP contribution in [0.2, 0.25) is 0 Å². The van der Waals surface area contributed by atoms with Crippen LogP contribution in [0.4, 0.5) is 0 Å². The quantitative estimate of drug-likeness (QED) is 0.216. The summed E-state index contributed by atoms with van der Waals surface area (Å²) in [5.41, 5.74) is 6.89. The number of hydrogen-bond donors (Lipinski definition) is 0. The maximum Gasteiger partial charge on any atom is 0.0964 e. The van der Waals surface area contributed by atoms with E-state index in [4.69, 9.17) is 4.98 Å². The topological polar surface area (TPSA) is 17.8 Å². The molecule has 0 spiro atoms. The Morgan fingerprint density at radius 2 is 1.21 bits per heavy atom. The van der Waals surface area contributed by atoms with E-state index < -0.39 is 0 Å². The normalized spacial score (nSPS) is 12.1. The first-order valence-electron chi connectivity index (χ1n) is 13.0. The van der Waals surface area contributed by atoms with Crippen molar-refractivity contribution in [2.24, 2.45) is 0 Å². The molecule has 4 aromatic heterocycles. The Labute approximate surface area is 232 Å². The first-order chi connectivity index (χ1) is 19.3. The highest BCUT2D eigenvalue weighted by Gasteiger charge is 2.19. The summed E-state index contributed by atoms with van der Waals surface area (Å²) in [6.45, 7) is 0. The molecule has 0 bridgehead atoms. The molecular weight excluding hydrogens is 513 g/mol. The van der Waals surface area contributed by atoms with Crippen LogP contribution in [0.25, 0.3) is 79.1 Å². The zero-order valence-corrected chi connectivity index (χ0v) is 22.4. The largest absolute Gasteiger partial charge is 0.306 e. The summed E-state index contributed by atoms with van der Waals surface area (Å²) >= 11 is 3.74. The van der Waals surface area contributed by atoms with E-state index in [1.807, 2.05) is 28.9 Å². The second kappa shape index (κ2) is 8.00. The van der Waals surface area contributed by atoms with Gasteiger partial charge in [-0.3, -0.25) is 4.98 Å².